The zero-order chi connectivity index (χ0) is 32.0. The molecule has 0 aliphatic carbocycles. The minimum Gasteiger partial charge on any atom is -0.506 e. The van der Waals surface area contributed by atoms with Gasteiger partial charge in [0.25, 0.3) is 0 Å². The number of rotatable bonds is 6. The van der Waals surface area contributed by atoms with E-state index >= 15 is 0 Å². The van der Waals surface area contributed by atoms with Gasteiger partial charge in [-0.25, -0.2) is 0 Å². The third-order valence-electron chi connectivity index (χ3n) is 8.04. The van der Waals surface area contributed by atoms with Gasteiger partial charge in [0.1, 0.15) is 23.0 Å². The second-order valence-electron chi connectivity index (χ2n) is 11.2. The maximum absolute atomic E-state index is 10.4. The molecule has 5 rings (SSSR count). The van der Waals surface area contributed by atoms with E-state index in [4.69, 9.17) is 46.4 Å². The smallest absolute Gasteiger partial charge is 0.137 e. The van der Waals surface area contributed by atoms with Crippen molar-refractivity contribution < 1.29 is 20.4 Å². The summed E-state index contributed by atoms with van der Waals surface area (Å²) < 4.78 is 0. The van der Waals surface area contributed by atoms with E-state index in [2.05, 4.69) is 0 Å². The highest BCUT2D eigenvalue weighted by molar-refractivity contribution is 6.33. The number of aryl methyl sites for hydroxylation is 4. The number of phenolic OH excluding ortho intramolecular Hbond substituents is 4. The normalized spacial score (nSPS) is 11.5. The third-order valence-corrected chi connectivity index (χ3v) is 9.19. The van der Waals surface area contributed by atoms with E-state index in [0.717, 1.165) is 33.4 Å². The van der Waals surface area contributed by atoms with Crippen molar-refractivity contribution in [3.8, 4) is 23.0 Å². The van der Waals surface area contributed by atoms with Crippen LogP contribution in [0.2, 0.25) is 20.1 Å². The molecule has 0 aromatic heterocycles. The van der Waals surface area contributed by atoms with Gasteiger partial charge in [-0.3, -0.25) is 0 Å². The molecule has 0 radical (unpaired) electrons. The predicted molar refractivity (Wildman–Crippen MR) is 180 cm³/mol. The molecule has 4 nitrogen and oxygen atoms in total. The summed E-state index contributed by atoms with van der Waals surface area (Å²) in [5, 5.41) is 42.4. The summed E-state index contributed by atoms with van der Waals surface area (Å²) in [6, 6.07) is 22.6. The Labute approximate surface area is 276 Å². The van der Waals surface area contributed by atoms with Crippen molar-refractivity contribution in [3.63, 3.8) is 0 Å². The summed E-state index contributed by atoms with van der Waals surface area (Å²) >= 11 is 25.7. The summed E-state index contributed by atoms with van der Waals surface area (Å²) in [4.78, 5) is 0. The van der Waals surface area contributed by atoms with Gasteiger partial charge >= 0.3 is 0 Å². The molecule has 0 heterocycles. The maximum atomic E-state index is 10.4. The van der Waals surface area contributed by atoms with Crippen LogP contribution in [0, 0.1) is 27.7 Å². The zero-order valence-electron chi connectivity index (χ0n) is 24.4. The molecule has 8 heteroatoms. The Morgan fingerprint density at radius 1 is 0.364 bits per heavy atom. The molecule has 0 unspecified atom stereocenters. The Hall–Kier alpha value is -3.54. The SMILES string of the molecule is Cc1cc(C(c2ccc(C(c3cc(C)c(O)c(Cl)c3)c3cc(C)c(O)c(Cl)c3)cc2)c2cc(C)c(O)c(Cl)c2)cc(Cl)c1O. The lowest BCUT2D eigenvalue weighted by Crippen LogP contribution is -2.08. The third kappa shape index (κ3) is 6.05. The van der Waals surface area contributed by atoms with Crippen molar-refractivity contribution in [2.45, 2.75) is 39.5 Å². The van der Waals surface area contributed by atoms with Crippen LogP contribution >= 0.6 is 46.4 Å². The molecule has 0 fully saturated rings. The van der Waals surface area contributed by atoms with Crippen molar-refractivity contribution in [2.75, 3.05) is 0 Å². The Balaban J connectivity index is 1.70. The van der Waals surface area contributed by atoms with Gasteiger partial charge in [-0.1, -0.05) is 94.9 Å². The van der Waals surface area contributed by atoms with E-state index in [1.165, 1.54) is 0 Å². The highest BCUT2D eigenvalue weighted by atomic mass is 35.5. The van der Waals surface area contributed by atoms with Gasteiger partial charge in [-0.05, 0) is 108 Å². The molecular formula is C36H30Cl4O4. The lowest BCUT2D eigenvalue weighted by atomic mass is 9.80. The van der Waals surface area contributed by atoms with E-state index in [-0.39, 0.29) is 54.9 Å². The topological polar surface area (TPSA) is 80.9 Å². The molecule has 5 aromatic carbocycles. The van der Waals surface area contributed by atoms with Crippen LogP contribution in [-0.2, 0) is 0 Å². The first kappa shape index (κ1) is 31.9. The van der Waals surface area contributed by atoms with E-state index < -0.39 is 0 Å². The van der Waals surface area contributed by atoms with Crippen molar-refractivity contribution in [3.05, 3.63) is 149 Å². The van der Waals surface area contributed by atoms with Gasteiger partial charge in [-0.2, -0.15) is 0 Å². The van der Waals surface area contributed by atoms with Gasteiger partial charge in [-0.15, -0.1) is 0 Å². The number of aromatic hydroxyl groups is 4. The van der Waals surface area contributed by atoms with Crippen LogP contribution in [0.4, 0.5) is 0 Å². The van der Waals surface area contributed by atoms with Gasteiger partial charge in [0.2, 0.25) is 0 Å². The predicted octanol–water partition coefficient (Wildman–Crippen LogP) is 10.7. The van der Waals surface area contributed by atoms with Gasteiger partial charge in [0.15, 0.2) is 0 Å². The highest BCUT2D eigenvalue weighted by Gasteiger charge is 2.24. The van der Waals surface area contributed by atoms with Crippen LogP contribution in [-0.4, -0.2) is 20.4 Å². The maximum Gasteiger partial charge on any atom is 0.137 e. The molecule has 0 aliphatic heterocycles. The van der Waals surface area contributed by atoms with E-state index in [1.807, 2.05) is 48.5 Å². The van der Waals surface area contributed by atoms with E-state index in [1.54, 1.807) is 52.0 Å². The summed E-state index contributed by atoms with van der Waals surface area (Å²) in [6.07, 6.45) is 0. The molecule has 4 N–H and O–H groups in total. The van der Waals surface area contributed by atoms with Gasteiger partial charge in [0, 0.05) is 11.8 Å². The Kier molecular flexibility index (Phi) is 9.02. The number of hydrogen-bond acceptors (Lipinski definition) is 4. The average Bonchev–Trinajstić information content (AvgIpc) is 2.97. The first-order valence-corrected chi connectivity index (χ1v) is 15.3. The van der Waals surface area contributed by atoms with Crippen LogP contribution in [0.1, 0.15) is 67.5 Å². The molecular weight excluding hydrogens is 638 g/mol. The molecule has 0 bridgehead atoms. The molecule has 0 aliphatic rings. The van der Waals surface area contributed by atoms with Crippen LogP contribution in [0.25, 0.3) is 0 Å². The quantitative estimate of drug-likeness (QED) is 0.136. The molecule has 0 spiro atoms. The van der Waals surface area contributed by atoms with Crippen LogP contribution in [0.5, 0.6) is 23.0 Å². The fourth-order valence-corrected chi connectivity index (χ4v) is 6.85. The van der Waals surface area contributed by atoms with E-state index in [9.17, 15) is 20.4 Å². The molecule has 0 amide bonds. The molecule has 0 saturated heterocycles. The molecule has 5 aromatic rings. The minimum absolute atomic E-state index is 0.0259. The summed E-state index contributed by atoms with van der Waals surface area (Å²) in [7, 11) is 0. The standard InChI is InChI=1S/C36H30Cl4O4/c1-17-9-23(13-27(37)33(17)41)31(24-10-18(2)34(42)28(38)14-24)21-5-7-22(8-6-21)32(25-11-19(3)35(43)29(39)15-25)26-12-20(4)36(44)30(40)16-26/h5-16,31-32,41-44H,1-4H3. The lowest BCUT2D eigenvalue weighted by Gasteiger charge is -2.24. The molecule has 0 saturated carbocycles. The monoisotopic (exact) mass is 666 g/mol. The average molecular weight is 668 g/mol. The van der Waals surface area contributed by atoms with Crippen molar-refractivity contribution in [1.82, 2.24) is 0 Å². The second kappa shape index (κ2) is 12.5. The summed E-state index contributed by atoms with van der Waals surface area (Å²) in [5.74, 6) is -0.550. The number of benzene rings is 5. The highest BCUT2D eigenvalue weighted by Crippen LogP contribution is 2.43. The van der Waals surface area contributed by atoms with Gasteiger partial charge < -0.3 is 20.4 Å². The number of hydrogen-bond donors (Lipinski definition) is 4. The van der Waals surface area contributed by atoms with Crippen molar-refractivity contribution in [1.29, 1.82) is 0 Å². The Bertz CT molecular complexity index is 1550. The van der Waals surface area contributed by atoms with Crippen molar-refractivity contribution >= 4 is 46.4 Å². The Morgan fingerprint density at radius 3 is 0.750 bits per heavy atom. The number of phenols is 4. The van der Waals surface area contributed by atoms with Crippen molar-refractivity contribution in [2.24, 2.45) is 0 Å². The fraction of sp³-hybridized carbons (Fsp3) is 0.167. The summed E-state index contributed by atoms with van der Waals surface area (Å²) in [6.45, 7) is 7.17. The minimum atomic E-state index is -0.327. The summed E-state index contributed by atoms with van der Waals surface area (Å²) in [5.41, 5.74) is 7.77. The first-order chi connectivity index (χ1) is 20.8. The van der Waals surface area contributed by atoms with Crippen LogP contribution < -0.4 is 0 Å². The second-order valence-corrected chi connectivity index (χ2v) is 12.8. The lowest BCUT2D eigenvalue weighted by molar-refractivity contribution is 0.470. The molecule has 226 valence electrons. The van der Waals surface area contributed by atoms with E-state index in [0.29, 0.717) is 22.3 Å². The Morgan fingerprint density at radius 2 is 0.568 bits per heavy atom. The van der Waals surface area contributed by atoms with Crippen LogP contribution in [0.15, 0.2) is 72.8 Å². The zero-order valence-corrected chi connectivity index (χ0v) is 27.4. The fourth-order valence-electron chi connectivity index (χ4n) is 5.75. The molecule has 44 heavy (non-hydrogen) atoms. The first-order valence-electron chi connectivity index (χ1n) is 13.8. The molecule has 0 atom stereocenters. The largest absolute Gasteiger partial charge is 0.506 e. The number of halogens is 4. The van der Waals surface area contributed by atoms with Crippen LogP contribution in [0.3, 0.4) is 0 Å². The van der Waals surface area contributed by atoms with Gasteiger partial charge in [0.05, 0.1) is 20.1 Å².